The Hall–Kier alpha value is -1.79. The van der Waals surface area contributed by atoms with E-state index in [0.717, 1.165) is 5.76 Å². The number of carbonyl (C=O) groups excluding carboxylic acids is 1. The number of nitrogens with zero attached hydrogens (tertiary/aromatic N) is 2. The van der Waals surface area contributed by atoms with Gasteiger partial charge in [0.25, 0.3) is 0 Å². The summed E-state index contributed by atoms with van der Waals surface area (Å²) in [5.41, 5.74) is 0. The Morgan fingerprint density at radius 1 is 1.36 bits per heavy atom. The molecule has 1 N–H and O–H groups in total. The molecule has 0 saturated carbocycles. The molecule has 2 rings (SSSR count). The van der Waals surface area contributed by atoms with Crippen molar-refractivity contribution >= 4 is 17.4 Å². The Morgan fingerprint density at radius 2 is 2.18 bits per heavy atom. The van der Waals surface area contributed by atoms with Crippen molar-refractivity contribution in [3.05, 3.63) is 46.5 Å². The number of hydrogen-bond donors (Lipinski definition) is 1. The summed E-state index contributed by atoms with van der Waals surface area (Å²) in [4.78, 5) is 17.5. The molecule has 2 aromatic heterocycles. The molecular weight excluding hydrogens is 298 g/mol. The van der Waals surface area contributed by atoms with Gasteiger partial charge in [-0.15, -0.1) is 11.3 Å². The third-order valence-corrected chi connectivity index (χ3v) is 4.51. The maximum atomic E-state index is 12.4. The first-order chi connectivity index (χ1) is 10.6. The molecule has 2 aromatic rings. The van der Waals surface area contributed by atoms with Gasteiger partial charge in [0, 0.05) is 18.0 Å². The molecule has 0 unspecified atom stereocenters. The molecule has 6 heteroatoms. The minimum absolute atomic E-state index is 0.0673. The van der Waals surface area contributed by atoms with Crippen molar-refractivity contribution in [2.75, 3.05) is 27.2 Å². The standard InChI is InChI=1S/C16H23N3O2S/c1-4-19(12-13-7-5-9-21-13)16(20)17-11-14(18(2)3)15-8-6-10-22-15/h5-10,14H,4,11-12H2,1-3H3,(H,17,20)/t14-/m1/s1. The molecule has 22 heavy (non-hydrogen) atoms. The Kier molecular flexibility index (Phi) is 6.03. The maximum Gasteiger partial charge on any atom is 0.317 e. The van der Waals surface area contributed by atoms with Gasteiger partial charge < -0.3 is 19.5 Å². The predicted octanol–water partition coefficient (Wildman–Crippen LogP) is 3.18. The van der Waals surface area contributed by atoms with Crippen molar-refractivity contribution in [3.63, 3.8) is 0 Å². The smallest absolute Gasteiger partial charge is 0.317 e. The van der Waals surface area contributed by atoms with Crippen molar-refractivity contribution in [1.29, 1.82) is 0 Å². The van der Waals surface area contributed by atoms with Crippen molar-refractivity contribution in [2.45, 2.75) is 19.5 Å². The maximum absolute atomic E-state index is 12.4. The van der Waals surface area contributed by atoms with Crippen LogP contribution in [0.1, 0.15) is 23.6 Å². The van der Waals surface area contributed by atoms with Crippen LogP contribution in [0.3, 0.4) is 0 Å². The third kappa shape index (κ3) is 4.35. The van der Waals surface area contributed by atoms with Crippen LogP contribution in [-0.2, 0) is 6.54 Å². The molecule has 0 aliphatic rings. The summed E-state index contributed by atoms with van der Waals surface area (Å²) < 4.78 is 5.31. The topological polar surface area (TPSA) is 48.7 Å². The van der Waals surface area contributed by atoms with E-state index >= 15 is 0 Å². The lowest BCUT2D eigenvalue weighted by molar-refractivity contribution is 0.188. The number of nitrogens with one attached hydrogen (secondary N) is 1. The van der Waals surface area contributed by atoms with E-state index < -0.39 is 0 Å². The van der Waals surface area contributed by atoms with Crippen LogP contribution in [0.4, 0.5) is 4.79 Å². The minimum atomic E-state index is -0.0673. The van der Waals surface area contributed by atoms with E-state index in [0.29, 0.717) is 19.6 Å². The van der Waals surface area contributed by atoms with Crippen molar-refractivity contribution in [2.24, 2.45) is 0 Å². The molecule has 0 bridgehead atoms. The highest BCUT2D eigenvalue weighted by Crippen LogP contribution is 2.22. The first-order valence-electron chi connectivity index (χ1n) is 7.36. The second-order valence-corrected chi connectivity index (χ2v) is 6.25. The molecule has 5 nitrogen and oxygen atoms in total. The molecular formula is C16H23N3O2S. The number of thiophene rings is 1. The van der Waals surface area contributed by atoms with Crippen LogP contribution in [0.5, 0.6) is 0 Å². The van der Waals surface area contributed by atoms with Crippen LogP contribution in [0, 0.1) is 0 Å². The van der Waals surface area contributed by atoms with Crippen LogP contribution in [0.15, 0.2) is 40.3 Å². The summed E-state index contributed by atoms with van der Waals surface area (Å²) in [7, 11) is 4.05. The zero-order valence-corrected chi connectivity index (χ0v) is 14.1. The molecule has 1 atom stereocenters. The number of furan rings is 1. The van der Waals surface area contributed by atoms with Gasteiger partial charge >= 0.3 is 6.03 Å². The Labute approximate surface area is 135 Å². The summed E-state index contributed by atoms with van der Waals surface area (Å²) in [5.74, 6) is 0.791. The number of likely N-dealkylation sites (N-methyl/N-ethyl adjacent to an activating group) is 1. The van der Waals surface area contributed by atoms with Gasteiger partial charge in [-0.25, -0.2) is 4.79 Å². The lowest BCUT2D eigenvalue weighted by Gasteiger charge is -2.26. The summed E-state index contributed by atoms with van der Waals surface area (Å²) in [6, 6.07) is 7.97. The quantitative estimate of drug-likeness (QED) is 0.852. The van der Waals surface area contributed by atoms with Crippen LogP contribution >= 0.6 is 11.3 Å². The molecule has 0 radical (unpaired) electrons. The average Bonchev–Trinajstić information content (AvgIpc) is 3.18. The van der Waals surface area contributed by atoms with Gasteiger partial charge in [0.05, 0.1) is 18.8 Å². The normalized spacial score (nSPS) is 12.4. The Bertz CT molecular complexity index is 552. The SMILES string of the molecule is CCN(Cc1ccco1)C(=O)NC[C@H](c1cccs1)N(C)C. The Balaban J connectivity index is 1.92. The third-order valence-electron chi connectivity index (χ3n) is 3.54. The molecule has 0 fully saturated rings. The number of amides is 2. The van der Waals surface area contributed by atoms with Gasteiger partial charge in [-0.3, -0.25) is 0 Å². The molecule has 0 aliphatic heterocycles. The molecule has 0 saturated heterocycles. The molecule has 2 heterocycles. The van der Waals surface area contributed by atoms with Crippen LogP contribution in [0.2, 0.25) is 0 Å². The fraction of sp³-hybridized carbons (Fsp3) is 0.438. The molecule has 120 valence electrons. The fourth-order valence-corrected chi connectivity index (χ4v) is 3.15. The van der Waals surface area contributed by atoms with Crippen molar-refractivity contribution in [1.82, 2.24) is 15.1 Å². The van der Waals surface area contributed by atoms with E-state index in [-0.39, 0.29) is 12.1 Å². The van der Waals surface area contributed by atoms with Crippen molar-refractivity contribution < 1.29 is 9.21 Å². The van der Waals surface area contributed by atoms with Gasteiger partial charge in [0.2, 0.25) is 0 Å². The first kappa shape index (κ1) is 16.6. The van der Waals surface area contributed by atoms with Gasteiger partial charge in [-0.05, 0) is 44.6 Å². The van der Waals surface area contributed by atoms with E-state index in [1.807, 2.05) is 39.2 Å². The zero-order valence-electron chi connectivity index (χ0n) is 13.3. The van der Waals surface area contributed by atoms with Gasteiger partial charge in [-0.1, -0.05) is 6.07 Å². The van der Waals surface area contributed by atoms with E-state index in [4.69, 9.17) is 4.42 Å². The van der Waals surface area contributed by atoms with E-state index in [1.165, 1.54) is 4.88 Å². The predicted molar refractivity (Wildman–Crippen MR) is 88.9 cm³/mol. The van der Waals surface area contributed by atoms with Crippen LogP contribution in [0.25, 0.3) is 0 Å². The van der Waals surface area contributed by atoms with Crippen molar-refractivity contribution in [3.8, 4) is 0 Å². The highest BCUT2D eigenvalue weighted by Gasteiger charge is 2.18. The Morgan fingerprint density at radius 3 is 2.73 bits per heavy atom. The van der Waals surface area contributed by atoms with Gasteiger partial charge in [0.1, 0.15) is 5.76 Å². The average molecular weight is 321 g/mol. The summed E-state index contributed by atoms with van der Waals surface area (Å²) in [6.07, 6.45) is 1.62. The lowest BCUT2D eigenvalue weighted by Crippen LogP contribution is -2.42. The number of hydrogen-bond acceptors (Lipinski definition) is 4. The largest absolute Gasteiger partial charge is 0.467 e. The summed E-state index contributed by atoms with van der Waals surface area (Å²) >= 11 is 1.71. The number of rotatable bonds is 7. The lowest BCUT2D eigenvalue weighted by atomic mass is 10.2. The molecule has 0 aromatic carbocycles. The summed E-state index contributed by atoms with van der Waals surface area (Å²) in [5, 5.41) is 5.08. The minimum Gasteiger partial charge on any atom is -0.467 e. The fourth-order valence-electron chi connectivity index (χ4n) is 2.23. The van der Waals surface area contributed by atoms with Gasteiger partial charge in [-0.2, -0.15) is 0 Å². The van der Waals surface area contributed by atoms with E-state index in [2.05, 4.69) is 21.7 Å². The zero-order chi connectivity index (χ0) is 15.9. The van der Waals surface area contributed by atoms with Gasteiger partial charge in [0.15, 0.2) is 0 Å². The summed E-state index contributed by atoms with van der Waals surface area (Å²) in [6.45, 7) is 3.67. The van der Waals surface area contributed by atoms with Crippen LogP contribution in [-0.4, -0.2) is 43.0 Å². The number of carbonyl (C=O) groups is 1. The van der Waals surface area contributed by atoms with E-state index in [9.17, 15) is 4.79 Å². The second-order valence-electron chi connectivity index (χ2n) is 5.27. The number of urea groups is 1. The van der Waals surface area contributed by atoms with Crippen LogP contribution < -0.4 is 5.32 Å². The second kappa shape index (κ2) is 8.00. The molecule has 2 amide bonds. The monoisotopic (exact) mass is 321 g/mol. The van der Waals surface area contributed by atoms with E-state index in [1.54, 1.807) is 22.5 Å². The molecule has 0 aliphatic carbocycles. The first-order valence-corrected chi connectivity index (χ1v) is 8.24. The molecule has 0 spiro atoms. The highest BCUT2D eigenvalue weighted by molar-refractivity contribution is 7.10. The highest BCUT2D eigenvalue weighted by atomic mass is 32.1.